The molecule has 0 spiro atoms. The highest BCUT2D eigenvalue weighted by atomic mass is 16.5. The lowest BCUT2D eigenvalue weighted by molar-refractivity contribution is 0.0781. The highest BCUT2D eigenvalue weighted by Gasteiger charge is 2.16. The predicted molar refractivity (Wildman–Crippen MR) is 76.5 cm³/mol. The summed E-state index contributed by atoms with van der Waals surface area (Å²) >= 11 is 0. The van der Waals surface area contributed by atoms with Gasteiger partial charge in [0.1, 0.15) is 17.3 Å². The minimum Gasteiger partial charge on any atom is -0.497 e. The molecule has 1 aromatic heterocycles. The molecule has 0 fully saturated rings. The highest BCUT2D eigenvalue weighted by molar-refractivity contribution is 5.94. The topological polar surface area (TPSA) is 80.3 Å². The van der Waals surface area contributed by atoms with Crippen molar-refractivity contribution in [1.82, 2.24) is 20.1 Å². The third-order valence-electron chi connectivity index (χ3n) is 2.97. The number of aryl methyl sites for hydroxylation is 1. The van der Waals surface area contributed by atoms with E-state index < -0.39 is 0 Å². The number of methoxy groups -OCH3 is 2. The van der Waals surface area contributed by atoms with E-state index in [4.69, 9.17) is 9.47 Å². The van der Waals surface area contributed by atoms with E-state index in [9.17, 15) is 4.79 Å². The first-order valence-electron chi connectivity index (χ1n) is 6.40. The lowest BCUT2D eigenvalue weighted by atomic mass is 10.1. The first kappa shape index (κ1) is 14.8. The van der Waals surface area contributed by atoms with Gasteiger partial charge in [-0.05, 0) is 19.1 Å². The van der Waals surface area contributed by atoms with E-state index in [1.165, 1.54) is 4.90 Å². The maximum atomic E-state index is 12.4. The Bertz CT molecular complexity index is 617. The monoisotopic (exact) mass is 290 g/mol. The zero-order valence-corrected chi connectivity index (χ0v) is 12.5. The maximum Gasteiger partial charge on any atom is 0.254 e. The Balaban J connectivity index is 2.18. The van der Waals surface area contributed by atoms with Crippen LogP contribution in [0.5, 0.6) is 11.5 Å². The molecule has 0 atom stereocenters. The largest absolute Gasteiger partial charge is 0.497 e. The van der Waals surface area contributed by atoms with E-state index in [1.54, 1.807) is 39.5 Å². The molecule has 0 saturated carbocycles. The lowest BCUT2D eigenvalue weighted by Crippen LogP contribution is -2.26. The summed E-state index contributed by atoms with van der Waals surface area (Å²) in [4.78, 5) is 18.2. The molecule has 0 aliphatic rings. The number of nitrogens with zero attached hydrogens (tertiary/aromatic N) is 3. The molecule has 1 aromatic carbocycles. The second-order valence-electron chi connectivity index (χ2n) is 4.60. The Morgan fingerprint density at radius 2 is 1.86 bits per heavy atom. The first-order chi connectivity index (χ1) is 10.0. The molecule has 1 N–H and O–H groups in total. The molecule has 112 valence electrons. The number of amides is 1. The number of carbonyl (C=O) groups is 1. The average Bonchev–Trinajstić information content (AvgIpc) is 2.90. The van der Waals surface area contributed by atoms with Gasteiger partial charge in [-0.3, -0.25) is 9.89 Å². The number of carbonyl (C=O) groups excluding carboxylic acids is 1. The molecule has 0 radical (unpaired) electrons. The normalized spacial score (nSPS) is 10.3. The predicted octanol–water partition coefficient (Wildman–Crippen LogP) is 1.40. The number of ether oxygens (including phenoxy) is 2. The maximum absolute atomic E-state index is 12.4. The summed E-state index contributed by atoms with van der Waals surface area (Å²) in [6, 6.07) is 5.06. The molecule has 1 amide bonds. The number of H-pyrrole nitrogens is 1. The van der Waals surface area contributed by atoms with Crippen molar-refractivity contribution in [2.45, 2.75) is 13.5 Å². The van der Waals surface area contributed by atoms with Gasteiger partial charge in [0, 0.05) is 18.7 Å². The summed E-state index contributed by atoms with van der Waals surface area (Å²) in [7, 11) is 4.78. The number of aromatic nitrogens is 3. The number of hydrogen-bond donors (Lipinski definition) is 1. The van der Waals surface area contributed by atoms with Gasteiger partial charge in [0.25, 0.3) is 5.91 Å². The fourth-order valence-corrected chi connectivity index (χ4v) is 1.89. The van der Waals surface area contributed by atoms with Crippen molar-refractivity contribution in [2.24, 2.45) is 0 Å². The quantitative estimate of drug-likeness (QED) is 0.900. The van der Waals surface area contributed by atoms with E-state index in [1.807, 2.05) is 6.92 Å². The van der Waals surface area contributed by atoms with Gasteiger partial charge in [-0.25, -0.2) is 4.98 Å². The lowest BCUT2D eigenvalue weighted by Gasteiger charge is -2.16. The molecule has 2 aromatic rings. The Morgan fingerprint density at radius 3 is 2.33 bits per heavy atom. The van der Waals surface area contributed by atoms with Gasteiger partial charge in [0.05, 0.1) is 20.8 Å². The van der Waals surface area contributed by atoms with Crippen LogP contribution in [0, 0.1) is 6.92 Å². The van der Waals surface area contributed by atoms with Gasteiger partial charge in [0.15, 0.2) is 5.82 Å². The molecule has 0 unspecified atom stereocenters. The molecule has 21 heavy (non-hydrogen) atoms. The van der Waals surface area contributed by atoms with Gasteiger partial charge >= 0.3 is 0 Å². The number of rotatable bonds is 5. The van der Waals surface area contributed by atoms with Crippen LogP contribution >= 0.6 is 0 Å². The standard InChI is InChI=1S/C14H18N4O3/c1-9-15-13(17-16-9)8-18(2)14(19)10-5-11(20-3)7-12(6-10)21-4/h5-7H,8H2,1-4H3,(H,15,16,17). The van der Waals surface area contributed by atoms with Crippen LogP contribution in [0.1, 0.15) is 22.0 Å². The van der Waals surface area contributed by atoms with E-state index >= 15 is 0 Å². The average molecular weight is 290 g/mol. The van der Waals surface area contributed by atoms with Crippen LogP contribution in [0.3, 0.4) is 0 Å². The minimum absolute atomic E-state index is 0.158. The minimum atomic E-state index is -0.158. The van der Waals surface area contributed by atoms with Crippen LogP contribution in [0.15, 0.2) is 18.2 Å². The van der Waals surface area contributed by atoms with Crippen LogP contribution in [0.4, 0.5) is 0 Å². The van der Waals surface area contributed by atoms with Crippen molar-refractivity contribution >= 4 is 5.91 Å². The van der Waals surface area contributed by atoms with Crippen molar-refractivity contribution in [3.63, 3.8) is 0 Å². The number of hydrogen-bond acceptors (Lipinski definition) is 5. The second-order valence-corrected chi connectivity index (χ2v) is 4.60. The van der Waals surface area contributed by atoms with Gasteiger partial charge in [0.2, 0.25) is 0 Å². The molecule has 7 heteroatoms. The summed E-state index contributed by atoms with van der Waals surface area (Å²) in [6.45, 7) is 2.13. The first-order valence-corrected chi connectivity index (χ1v) is 6.40. The van der Waals surface area contributed by atoms with E-state index in [-0.39, 0.29) is 5.91 Å². The fraction of sp³-hybridized carbons (Fsp3) is 0.357. The van der Waals surface area contributed by atoms with Crippen molar-refractivity contribution in [3.05, 3.63) is 35.4 Å². The van der Waals surface area contributed by atoms with Gasteiger partial charge in [-0.2, -0.15) is 5.10 Å². The molecule has 0 bridgehead atoms. The highest BCUT2D eigenvalue weighted by Crippen LogP contribution is 2.23. The summed E-state index contributed by atoms with van der Waals surface area (Å²) in [5, 5.41) is 6.77. The zero-order chi connectivity index (χ0) is 15.4. The van der Waals surface area contributed by atoms with Crippen molar-refractivity contribution in [1.29, 1.82) is 0 Å². The molecule has 7 nitrogen and oxygen atoms in total. The number of nitrogens with one attached hydrogen (secondary N) is 1. The van der Waals surface area contributed by atoms with Gasteiger partial charge < -0.3 is 14.4 Å². The fourth-order valence-electron chi connectivity index (χ4n) is 1.89. The third-order valence-corrected chi connectivity index (χ3v) is 2.97. The molecule has 0 saturated heterocycles. The van der Waals surface area contributed by atoms with Crippen molar-refractivity contribution < 1.29 is 14.3 Å². The second kappa shape index (κ2) is 6.25. The summed E-state index contributed by atoms with van der Waals surface area (Å²) in [6.07, 6.45) is 0. The third kappa shape index (κ3) is 3.50. The van der Waals surface area contributed by atoms with Crippen LogP contribution in [0.25, 0.3) is 0 Å². The SMILES string of the molecule is COc1cc(OC)cc(C(=O)N(C)Cc2n[nH]c(C)n2)c1. The molecular weight excluding hydrogens is 272 g/mol. The Kier molecular flexibility index (Phi) is 4.42. The van der Waals surface area contributed by atoms with Gasteiger partial charge in [-0.1, -0.05) is 0 Å². The van der Waals surface area contributed by atoms with Crippen LogP contribution in [-0.4, -0.2) is 47.3 Å². The summed E-state index contributed by atoms with van der Waals surface area (Å²) < 4.78 is 10.3. The molecule has 0 aliphatic heterocycles. The summed E-state index contributed by atoms with van der Waals surface area (Å²) in [5.41, 5.74) is 0.487. The van der Waals surface area contributed by atoms with Gasteiger partial charge in [-0.15, -0.1) is 0 Å². The van der Waals surface area contributed by atoms with Crippen molar-refractivity contribution in [3.8, 4) is 11.5 Å². The number of benzene rings is 1. The van der Waals surface area contributed by atoms with Crippen molar-refractivity contribution in [2.75, 3.05) is 21.3 Å². The van der Waals surface area contributed by atoms with Crippen LogP contribution in [0.2, 0.25) is 0 Å². The molecular formula is C14H18N4O3. The van der Waals surface area contributed by atoms with Crippen LogP contribution in [-0.2, 0) is 6.54 Å². The van der Waals surface area contributed by atoms with E-state index in [2.05, 4.69) is 15.2 Å². The Morgan fingerprint density at radius 1 is 1.24 bits per heavy atom. The Labute approximate surface area is 122 Å². The zero-order valence-electron chi connectivity index (χ0n) is 12.5. The molecule has 1 heterocycles. The smallest absolute Gasteiger partial charge is 0.254 e. The molecule has 2 rings (SSSR count). The van der Waals surface area contributed by atoms with Crippen LogP contribution < -0.4 is 9.47 Å². The number of aromatic amines is 1. The van der Waals surface area contributed by atoms with E-state index in [0.29, 0.717) is 35.3 Å². The van der Waals surface area contributed by atoms with E-state index in [0.717, 1.165) is 0 Å². The summed E-state index contributed by atoms with van der Waals surface area (Å²) in [5.74, 6) is 2.27. The molecule has 0 aliphatic carbocycles. The Hall–Kier alpha value is -2.57.